The second-order valence-corrected chi connectivity index (χ2v) is 10.0. The number of nitrogens with zero attached hydrogens (tertiary/aromatic N) is 3. The third-order valence-corrected chi connectivity index (χ3v) is 8.36. The van der Waals surface area contributed by atoms with E-state index in [2.05, 4.69) is 72.8 Å². The molecular formula is C21H19N3OS3. The summed E-state index contributed by atoms with van der Waals surface area (Å²) in [6, 6.07) is 17.0. The SMILES string of the molecule is Cc1ccc(C2SC=C3SC(N4C(=O)CSC4c4ccc(C)cc4)=NN32)cc1. The molecule has 1 fully saturated rings. The van der Waals surface area contributed by atoms with Crippen molar-refractivity contribution in [3.63, 3.8) is 0 Å². The molecule has 2 atom stereocenters. The standard InChI is InChI=1S/C21H19N3OS3/c1-13-3-7-15(8-4-13)19-23(17(25)11-26-19)21-22-24-18(28-21)12-27-20(24)16-9-5-14(2)6-10-16/h3-10,12,19-20H,11H2,1-2H3. The molecule has 0 radical (unpaired) electrons. The van der Waals surface area contributed by atoms with Crippen LogP contribution in [0, 0.1) is 13.8 Å². The Morgan fingerprint density at radius 2 is 1.54 bits per heavy atom. The predicted octanol–water partition coefficient (Wildman–Crippen LogP) is 5.44. The van der Waals surface area contributed by atoms with Gasteiger partial charge in [-0.25, -0.2) is 5.01 Å². The van der Waals surface area contributed by atoms with Crippen LogP contribution in [0.5, 0.6) is 0 Å². The Morgan fingerprint density at radius 3 is 2.18 bits per heavy atom. The van der Waals surface area contributed by atoms with Gasteiger partial charge in [0.25, 0.3) is 0 Å². The molecule has 28 heavy (non-hydrogen) atoms. The molecule has 1 saturated heterocycles. The van der Waals surface area contributed by atoms with E-state index in [4.69, 9.17) is 5.10 Å². The molecule has 3 aliphatic rings. The van der Waals surface area contributed by atoms with Gasteiger partial charge in [-0.3, -0.25) is 9.69 Å². The first-order valence-corrected chi connectivity index (χ1v) is 11.9. The number of thioether (sulfide) groups is 3. The number of amides is 1. The highest BCUT2D eigenvalue weighted by molar-refractivity contribution is 8.18. The lowest BCUT2D eigenvalue weighted by molar-refractivity contribution is -0.124. The maximum atomic E-state index is 12.7. The highest BCUT2D eigenvalue weighted by Crippen LogP contribution is 2.52. The molecule has 2 unspecified atom stereocenters. The zero-order chi connectivity index (χ0) is 19.3. The van der Waals surface area contributed by atoms with E-state index in [-0.39, 0.29) is 16.7 Å². The first-order chi connectivity index (χ1) is 13.6. The number of rotatable bonds is 2. The van der Waals surface area contributed by atoms with Crippen molar-refractivity contribution >= 4 is 46.4 Å². The fourth-order valence-corrected chi connectivity index (χ4v) is 6.84. The third-order valence-electron chi connectivity index (χ3n) is 4.93. The van der Waals surface area contributed by atoms with Gasteiger partial charge in [0.2, 0.25) is 5.91 Å². The van der Waals surface area contributed by atoms with E-state index in [0.29, 0.717) is 5.75 Å². The van der Waals surface area contributed by atoms with Crippen LogP contribution in [0.25, 0.3) is 0 Å². The minimum atomic E-state index is -0.00884. The highest BCUT2D eigenvalue weighted by atomic mass is 32.2. The molecule has 7 heteroatoms. The maximum absolute atomic E-state index is 12.7. The molecule has 0 saturated carbocycles. The van der Waals surface area contributed by atoms with Crippen LogP contribution in [-0.4, -0.2) is 26.7 Å². The Balaban J connectivity index is 1.43. The van der Waals surface area contributed by atoms with Crippen molar-refractivity contribution in [2.24, 2.45) is 5.10 Å². The second-order valence-electron chi connectivity index (χ2n) is 7.02. The first kappa shape index (κ1) is 18.2. The van der Waals surface area contributed by atoms with Gasteiger partial charge < -0.3 is 0 Å². The monoisotopic (exact) mass is 425 g/mol. The number of hydrogen-bond acceptors (Lipinski definition) is 6. The smallest absolute Gasteiger partial charge is 0.239 e. The molecule has 0 aliphatic carbocycles. The van der Waals surface area contributed by atoms with E-state index < -0.39 is 0 Å². The van der Waals surface area contributed by atoms with Gasteiger partial charge in [-0.05, 0) is 36.7 Å². The minimum absolute atomic E-state index is 0.00884. The fourth-order valence-electron chi connectivity index (χ4n) is 3.39. The zero-order valence-corrected chi connectivity index (χ0v) is 18.0. The number of benzene rings is 2. The summed E-state index contributed by atoms with van der Waals surface area (Å²) in [5, 5.41) is 11.1. The fraction of sp³-hybridized carbons (Fsp3) is 0.238. The Labute approximate surface area is 177 Å². The Hall–Kier alpha value is -1.83. The molecule has 2 aromatic carbocycles. The van der Waals surface area contributed by atoms with Gasteiger partial charge in [-0.2, -0.15) is 0 Å². The van der Waals surface area contributed by atoms with Crippen LogP contribution in [0.4, 0.5) is 0 Å². The van der Waals surface area contributed by atoms with Crippen molar-refractivity contribution < 1.29 is 4.79 Å². The van der Waals surface area contributed by atoms with E-state index in [0.717, 1.165) is 15.8 Å². The van der Waals surface area contributed by atoms with Gasteiger partial charge in [0, 0.05) is 5.41 Å². The third kappa shape index (κ3) is 3.15. The Bertz CT molecular complexity index is 985. The van der Waals surface area contributed by atoms with Crippen molar-refractivity contribution in [1.82, 2.24) is 9.91 Å². The number of hydrogen-bond donors (Lipinski definition) is 0. The summed E-state index contributed by atoms with van der Waals surface area (Å²) in [7, 11) is 0. The lowest BCUT2D eigenvalue weighted by Gasteiger charge is -2.23. The summed E-state index contributed by atoms with van der Waals surface area (Å²) < 4.78 is 0. The summed E-state index contributed by atoms with van der Waals surface area (Å²) in [6.07, 6.45) is 0. The van der Waals surface area contributed by atoms with E-state index in [1.54, 1.807) is 35.3 Å². The molecule has 3 heterocycles. The molecule has 5 rings (SSSR count). The molecule has 1 amide bonds. The summed E-state index contributed by atoms with van der Waals surface area (Å²) in [6.45, 7) is 4.17. The van der Waals surface area contributed by atoms with E-state index in [9.17, 15) is 4.79 Å². The molecule has 0 bridgehead atoms. The summed E-state index contributed by atoms with van der Waals surface area (Å²) in [5.41, 5.74) is 4.85. The molecule has 4 nitrogen and oxygen atoms in total. The van der Waals surface area contributed by atoms with Crippen molar-refractivity contribution in [3.05, 3.63) is 81.2 Å². The van der Waals surface area contributed by atoms with Crippen LogP contribution in [0.3, 0.4) is 0 Å². The lowest BCUT2D eigenvalue weighted by atomic mass is 10.1. The zero-order valence-electron chi connectivity index (χ0n) is 15.5. The molecule has 0 aromatic heterocycles. The van der Waals surface area contributed by atoms with Crippen LogP contribution >= 0.6 is 35.3 Å². The summed E-state index contributed by atoms with van der Waals surface area (Å²) >= 11 is 5.03. The van der Waals surface area contributed by atoms with E-state index in [1.165, 1.54) is 16.7 Å². The van der Waals surface area contributed by atoms with Crippen molar-refractivity contribution in [2.75, 3.05) is 5.75 Å². The van der Waals surface area contributed by atoms with Gasteiger partial charge in [-0.1, -0.05) is 71.4 Å². The molecular weight excluding hydrogens is 406 g/mol. The summed E-state index contributed by atoms with van der Waals surface area (Å²) in [4.78, 5) is 14.6. The van der Waals surface area contributed by atoms with Gasteiger partial charge in [-0.15, -0.1) is 16.9 Å². The van der Waals surface area contributed by atoms with Gasteiger partial charge in [0.15, 0.2) is 5.17 Å². The number of fused-ring (bicyclic) bond motifs is 1. The van der Waals surface area contributed by atoms with Crippen LogP contribution in [0.15, 0.2) is 64.1 Å². The predicted molar refractivity (Wildman–Crippen MR) is 120 cm³/mol. The molecule has 0 spiro atoms. The topological polar surface area (TPSA) is 35.9 Å². The van der Waals surface area contributed by atoms with E-state index >= 15 is 0 Å². The van der Waals surface area contributed by atoms with Crippen molar-refractivity contribution in [2.45, 2.75) is 24.6 Å². The Kier molecular flexibility index (Phi) is 4.69. The maximum Gasteiger partial charge on any atom is 0.239 e. The Morgan fingerprint density at radius 1 is 0.929 bits per heavy atom. The molecule has 3 aliphatic heterocycles. The average molecular weight is 426 g/mol. The minimum Gasteiger partial charge on any atom is -0.273 e. The molecule has 0 N–H and O–H groups in total. The van der Waals surface area contributed by atoms with Crippen LogP contribution in [-0.2, 0) is 4.79 Å². The van der Waals surface area contributed by atoms with Crippen molar-refractivity contribution in [1.29, 1.82) is 0 Å². The number of hydrazone groups is 1. The first-order valence-electron chi connectivity index (χ1n) is 9.08. The van der Waals surface area contributed by atoms with Crippen LogP contribution in [0.2, 0.25) is 0 Å². The van der Waals surface area contributed by atoms with Gasteiger partial charge >= 0.3 is 0 Å². The quantitative estimate of drug-likeness (QED) is 0.640. The van der Waals surface area contributed by atoms with Crippen LogP contribution in [0.1, 0.15) is 33.0 Å². The highest BCUT2D eigenvalue weighted by Gasteiger charge is 2.42. The average Bonchev–Trinajstić information content (AvgIpc) is 3.37. The number of aryl methyl sites for hydroxylation is 2. The number of carbonyl (C=O) groups excluding carboxylic acids is 1. The summed E-state index contributed by atoms with van der Waals surface area (Å²) in [5.74, 6) is 0.621. The van der Waals surface area contributed by atoms with Gasteiger partial charge in [0.05, 0.1) is 5.75 Å². The molecule has 142 valence electrons. The van der Waals surface area contributed by atoms with Crippen LogP contribution < -0.4 is 0 Å². The number of carbonyl (C=O) groups is 1. The number of amidine groups is 1. The normalized spacial score (nSPS) is 23.9. The lowest BCUT2D eigenvalue weighted by Crippen LogP contribution is -2.32. The largest absolute Gasteiger partial charge is 0.273 e. The second kappa shape index (κ2) is 7.21. The van der Waals surface area contributed by atoms with E-state index in [1.807, 2.05) is 4.90 Å². The molecule has 2 aromatic rings. The van der Waals surface area contributed by atoms with Gasteiger partial charge in [0.1, 0.15) is 15.8 Å². The van der Waals surface area contributed by atoms with Crippen molar-refractivity contribution in [3.8, 4) is 0 Å².